The molecule has 5 heteroatoms. The summed E-state index contributed by atoms with van der Waals surface area (Å²) in [6, 6.07) is 4.97. The van der Waals surface area contributed by atoms with Gasteiger partial charge in [-0.15, -0.1) is 0 Å². The number of rotatable bonds is 3. The van der Waals surface area contributed by atoms with Crippen molar-refractivity contribution in [2.45, 2.75) is 12.8 Å². The van der Waals surface area contributed by atoms with Gasteiger partial charge in [0, 0.05) is 5.39 Å². The van der Waals surface area contributed by atoms with E-state index in [9.17, 15) is 5.11 Å². The molecule has 5 nitrogen and oxygen atoms in total. The van der Waals surface area contributed by atoms with E-state index in [1.807, 2.05) is 0 Å². The summed E-state index contributed by atoms with van der Waals surface area (Å²) in [4.78, 5) is 8.29. The van der Waals surface area contributed by atoms with Gasteiger partial charge in [0.15, 0.2) is 0 Å². The average molecular weight is 218 g/mol. The molecule has 0 atom stereocenters. The molecule has 0 aliphatic rings. The first-order valence-electron chi connectivity index (χ1n) is 5.16. The highest BCUT2D eigenvalue weighted by molar-refractivity contribution is 5.83. The van der Waals surface area contributed by atoms with E-state index in [1.165, 1.54) is 0 Å². The SMILES string of the molecule is NCCCc1nc(N)nc2ccc(O)cc12. The molecular formula is C11H14N4O. The highest BCUT2D eigenvalue weighted by Gasteiger charge is 2.06. The molecular weight excluding hydrogens is 204 g/mol. The number of benzene rings is 1. The number of hydrogen-bond acceptors (Lipinski definition) is 5. The maximum absolute atomic E-state index is 9.44. The Bertz CT molecular complexity index is 513. The first-order chi connectivity index (χ1) is 7.70. The molecule has 1 aromatic carbocycles. The summed E-state index contributed by atoms with van der Waals surface area (Å²) in [5.74, 6) is 0.458. The van der Waals surface area contributed by atoms with Crippen LogP contribution in [0.25, 0.3) is 10.9 Å². The third kappa shape index (κ3) is 2.04. The summed E-state index contributed by atoms with van der Waals surface area (Å²) in [6.07, 6.45) is 1.57. The van der Waals surface area contributed by atoms with E-state index in [-0.39, 0.29) is 11.7 Å². The zero-order chi connectivity index (χ0) is 11.5. The van der Waals surface area contributed by atoms with Gasteiger partial charge >= 0.3 is 0 Å². The Kier molecular flexibility index (Phi) is 2.87. The van der Waals surface area contributed by atoms with E-state index >= 15 is 0 Å². The first-order valence-corrected chi connectivity index (χ1v) is 5.16. The lowest BCUT2D eigenvalue weighted by Gasteiger charge is -2.06. The minimum absolute atomic E-state index is 0.204. The molecule has 0 amide bonds. The van der Waals surface area contributed by atoms with Crippen LogP contribution >= 0.6 is 0 Å². The number of nitrogen functional groups attached to an aromatic ring is 1. The molecule has 0 unspecified atom stereocenters. The van der Waals surface area contributed by atoms with Gasteiger partial charge in [0.25, 0.3) is 0 Å². The third-order valence-electron chi connectivity index (χ3n) is 2.39. The zero-order valence-electron chi connectivity index (χ0n) is 8.85. The number of aromatic hydroxyl groups is 1. The lowest BCUT2D eigenvalue weighted by Crippen LogP contribution is -2.05. The second-order valence-electron chi connectivity index (χ2n) is 3.62. The minimum Gasteiger partial charge on any atom is -0.508 e. The number of anilines is 1. The second-order valence-corrected chi connectivity index (χ2v) is 3.62. The number of phenols is 1. The van der Waals surface area contributed by atoms with Crippen LogP contribution in [-0.2, 0) is 6.42 Å². The number of nitrogens with two attached hydrogens (primary N) is 2. The van der Waals surface area contributed by atoms with Gasteiger partial charge < -0.3 is 16.6 Å². The summed E-state index contributed by atoms with van der Waals surface area (Å²) in [5.41, 5.74) is 12.7. The molecule has 0 saturated heterocycles. The van der Waals surface area contributed by atoms with Gasteiger partial charge in [-0.3, -0.25) is 0 Å². The van der Waals surface area contributed by atoms with E-state index in [0.29, 0.717) is 6.54 Å². The molecule has 0 saturated carbocycles. The van der Waals surface area contributed by atoms with Crippen LogP contribution in [0, 0.1) is 0 Å². The first kappa shape index (κ1) is 10.6. The summed E-state index contributed by atoms with van der Waals surface area (Å²) >= 11 is 0. The molecule has 0 aliphatic heterocycles. The Balaban J connectivity index is 2.55. The summed E-state index contributed by atoms with van der Waals surface area (Å²) < 4.78 is 0. The Morgan fingerprint density at radius 2 is 2.06 bits per heavy atom. The molecule has 0 radical (unpaired) electrons. The fraction of sp³-hybridized carbons (Fsp3) is 0.273. The van der Waals surface area contributed by atoms with Crippen molar-refractivity contribution in [1.82, 2.24) is 9.97 Å². The second kappa shape index (κ2) is 4.32. The molecule has 16 heavy (non-hydrogen) atoms. The molecule has 1 heterocycles. The molecule has 0 aliphatic carbocycles. The predicted octanol–water partition coefficient (Wildman–Crippen LogP) is 0.809. The normalized spacial score (nSPS) is 10.8. The van der Waals surface area contributed by atoms with Gasteiger partial charge in [0.05, 0.1) is 11.2 Å². The van der Waals surface area contributed by atoms with Crippen molar-refractivity contribution >= 4 is 16.9 Å². The monoisotopic (exact) mass is 218 g/mol. The van der Waals surface area contributed by atoms with Gasteiger partial charge in [-0.1, -0.05) is 0 Å². The van der Waals surface area contributed by atoms with E-state index in [4.69, 9.17) is 11.5 Å². The highest BCUT2D eigenvalue weighted by Crippen LogP contribution is 2.22. The van der Waals surface area contributed by atoms with Crippen molar-refractivity contribution in [3.8, 4) is 5.75 Å². The minimum atomic E-state index is 0.204. The number of aromatic nitrogens is 2. The van der Waals surface area contributed by atoms with Crippen LogP contribution in [-0.4, -0.2) is 21.6 Å². The highest BCUT2D eigenvalue weighted by atomic mass is 16.3. The standard InChI is InChI=1S/C11H14N4O/c12-5-1-2-9-8-6-7(16)3-4-10(8)15-11(13)14-9/h3-4,6,16H,1-2,5,12H2,(H2,13,14,15). The summed E-state index contributed by atoms with van der Waals surface area (Å²) in [6.45, 7) is 0.601. The molecule has 2 aromatic rings. The lowest BCUT2D eigenvalue weighted by molar-refractivity contribution is 0.476. The van der Waals surface area contributed by atoms with Crippen molar-refractivity contribution in [3.05, 3.63) is 23.9 Å². The quantitative estimate of drug-likeness (QED) is 0.708. The van der Waals surface area contributed by atoms with Crippen LogP contribution in [0.15, 0.2) is 18.2 Å². The van der Waals surface area contributed by atoms with Crippen LogP contribution in [0.5, 0.6) is 5.75 Å². The van der Waals surface area contributed by atoms with Gasteiger partial charge in [-0.25, -0.2) is 9.97 Å². The van der Waals surface area contributed by atoms with Crippen LogP contribution in [0.2, 0.25) is 0 Å². The number of fused-ring (bicyclic) bond motifs is 1. The molecule has 0 bridgehead atoms. The van der Waals surface area contributed by atoms with Crippen molar-refractivity contribution in [1.29, 1.82) is 0 Å². The van der Waals surface area contributed by atoms with Crippen molar-refractivity contribution in [3.63, 3.8) is 0 Å². The number of aryl methyl sites for hydroxylation is 1. The Morgan fingerprint density at radius 3 is 2.81 bits per heavy atom. The van der Waals surface area contributed by atoms with E-state index < -0.39 is 0 Å². The fourth-order valence-electron chi connectivity index (χ4n) is 1.66. The molecule has 5 N–H and O–H groups in total. The van der Waals surface area contributed by atoms with E-state index in [2.05, 4.69) is 9.97 Å². The Labute approximate surface area is 93.1 Å². The van der Waals surface area contributed by atoms with Gasteiger partial charge in [0.1, 0.15) is 5.75 Å². The molecule has 84 valence electrons. The smallest absolute Gasteiger partial charge is 0.220 e. The van der Waals surface area contributed by atoms with Crippen LogP contribution in [0.4, 0.5) is 5.95 Å². The van der Waals surface area contributed by atoms with Crippen molar-refractivity contribution in [2.24, 2.45) is 5.73 Å². The lowest BCUT2D eigenvalue weighted by atomic mass is 10.1. The predicted molar refractivity (Wildman–Crippen MR) is 63.0 cm³/mol. The fourth-order valence-corrected chi connectivity index (χ4v) is 1.66. The maximum atomic E-state index is 9.44. The number of hydrogen-bond donors (Lipinski definition) is 3. The van der Waals surface area contributed by atoms with Gasteiger partial charge in [-0.05, 0) is 37.6 Å². The molecule has 0 fully saturated rings. The largest absolute Gasteiger partial charge is 0.508 e. The zero-order valence-corrected chi connectivity index (χ0v) is 8.85. The summed E-state index contributed by atoms with van der Waals surface area (Å²) in [7, 11) is 0. The number of nitrogens with zero attached hydrogens (tertiary/aromatic N) is 2. The van der Waals surface area contributed by atoms with Crippen LogP contribution in [0.1, 0.15) is 12.1 Å². The van der Waals surface area contributed by atoms with Gasteiger partial charge in [0.2, 0.25) is 5.95 Å². The van der Waals surface area contributed by atoms with Crippen molar-refractivity contribution in [2.75, 3.05) is 12.3 Å². The molecule has 0 spiro atoms. The maximum Gasteiger partial charge on any atom is 0.220 e. The number of phenolic OH excluding ortho intramolecular Hbond substituents is 1. The third-order valence-corrected chi connectivity index (χ3v) is 2.39. The molecule has 1 aromatic heterocycles. The Hall–Kier alpha value is -1.88. The topological polar surface area (TPSA) is 98.0 Å². The molecule has 2 rings (SSSR count). The van der Waals surface area contributed by atoms with Crippen LogP contribution in [0.3, 0.4) is 0 Å². The van der Waals surface area contributed by atoms with Crippen LogP contribution < -0.4 is 11.5 Å². The van der Waals surface area contributed by atoms with Gasteiger partial charge in [-0.2, -0.15) is 0 Å². The van der Waals surface area contributed by atoms with E-state index in [1.54, 1.807) is 18.2 Å². The van der Waals surface area contributed by atoms with Crippen molar-refractivity contribution < 1.29 is 5.11 Å². The Morgan fingerprint density at radius 1 is 1.25 bits per heavy atom. The van der Waals surface area contributed by atoms with E-state index in [0.717, 1.165) is 29.4 Å². The summed E-state index contributed by atoms with van der Waals surface area (Å²) in [5, 5.41) is 10.3. The average Bonchev–Trinajstić information content (AvgIpc) is 2.26.